The van der Waals surface area contributed by atoms with Gasteiger partial charge in [-0.25, -0.2) is 0 Å². The van der Waals surface area contributed by atoms with Gasteiger partial charge < -0.3 is 19.9 Å². The molecule has 3 rings (SSSR count). The Balaban J connectivity index is 1.71. The number of hydrogen-bond donors (Lipinski definition) is 3. The van der Waals surface area contributed by atoms with Crippen LogP contribution in [0.5, 0.6) is 0 Å². The summed E-state index contributed by atoms with van der Waals surface area (Å²) in [6.45, 7) is -0.500. The predicted octanol–water partition coefficient (Wildman–Crippen LogP) is 4.20. The van der Waals surface area contributed by atoms with Crippen LogP contribution in [0.1, 0.15) is 22.7 Å². The molecular formula is C29H33F3N2O4. The van der Waals surface area contributed by atoms with Crippen molar-refractivity contribution in [3.05, 3.63) is 108 Å². The summed E-state index contributed by atoms with van der Waals surface area (Å²) in [5, 5.41) is 16.0. The smallest absolute Gasteiger partial charge is 0.406 e. The lowest BCUT2D eigenvalue weighted by Gasteiger charge is -2.31. The summed E-state index contributed by atoms with van der Waals surface area (Å²) in [7, 11) is 1.40. The first-order valence-electron chi connectivity index (χ1n) is 12.3. The summed E-state index contributed by atoms with van der Waals surface area (Å²) in [6, 6.07) is 22.7. The molecule has 0 bridgehead atoms. The number of methoxy groups -OCH3 is 1. The van der Waals surface area contributed by atoms with Gasteiger partial charge in [0.25, 0.3) is 0 Å². The molecule has 0 aromatic heterocycles. The van der Waals surface area contributed by atoms with Gasteiger partial charge in [-0.2, -0.15) is 13.2 Å². The second-order valence-electron chi connectivity index (χ2n) is 8.92. The number of hydrogen-bond acceptors (Lipinski definition) is 6. The third kappa shape index (κ3) is 9.25. The molecule has 3 aromatic rings. The summed E-state index contributed by atoms with van der Waals surface area (Å²) in [5.74, 6) is -0.622. The average Bonchev–Trinajstić information content (AvgIpc) is 2.92. The zero-order valence-corrected chi connectivity index (χ0v) is 21.1. The Morgan fingerprint density at radius 3 is 2.00 bits per heavy atom. The molecular weight excluding hydrogens is 497 g/mol. The number of aliphatic hydroxyl groups excluding tert-OH is 1. The monoisotopic (exact) mass is 530 g/mol. The first-order chi connectivity index (χ1) is 18.3. The van der Waals surface area contributed by atoms with Crippen LogP contribution in [-0.2, 0) is 27.3 Å². The van der Waals surface area contributed by atoms with Crippen molar-refractivity contribution in [3.8, 4) is 0 Å². The molecule has 38 heavy (non-hydrogen) atoms. The molecule has 0 saturated carbocycles. The van der Waals surface area contributed by atoms with Crippen LogP contribution in [-0.4, -0.2) is 55.7 Å². The van der Waals surface area contributed by atoms with Gasteiger partial charge in [0.05, 0.1) is 18.8 Å². The van der Waals surface area contributed by atoms with Crippen LogP contribution < -0.4 is 10.6 Å². The number of ether oxygens (including phenoxy) is 2. The lowest BCUT2D eigenvalue weighted by molar-refractivity contribution is -0.180. The summed E-state index contributed by atoms with van der Waals surface area (Å²) in [6.07, 6.45) is -6.47. The minimum absolute atomic E-state index is 0.0255. The van der Waals surface area contributed by atoms with Crippen LogP contribution in [0.4, 0.5) is 13.2 Å². The number of benzene rings is 3. The lowest BCUT2D eigenvalue weighted by Crippen LogP contribution is -2.56. The quantitative estimate of drug-likeness (QED) is 0.271. The van der Waals surface area contributed by atoms with Crippen LogP contribution in [0.2, 0.25) is 0 Å². The second-order valence-corrected chi connectivity index (χ2v) is 8.92. The van der Waals surface area contributed by atoms with Crippen LogP contribution in [0.25, 0.3) is 0 Å². The van der Waals surface area contributed by atoms with E-state index in [2.05, 4.69) is 10.6 Å². The summed E-state index contributed by atoms with van der Waals surface area (Å²) in [4.78, 5) is 12.9. The summed E-state index contributed by atoms with van der Waals surface area (Å²) in [5.41, 5.74) is 2.17. The van der Waals surface area contributed by atoms with E-state index in [9.17, 15) is 23.1 Å². The van der Waals surface area contributed by atoms with Crippen LogP contribution in [0.15, 0.2) is 91.0 Å². The zero-order chi connectivity index (χ0) is 27.4. The van der Waals surface area contributed by atoms with Crippen molar-refractivity contribution in [1.29, 1.82) is 0 Å². The molecule has 0 aliphatic heterocycles. The largest absolute Gasteiger partial charge is 0.460 e. The van der Waals surface area contributed by atoms with Crippen molar-refractivity contribution < 1.29 is 32.5 Å². The number of carbonyl (C=O) groups excluding carboxylic acids is 1. The van der Waals surface area contributed by atoms with E-state index in [4.69, 9.17) is 9.47 Å². The molecule has 0 fully saturated rings. The van der Waals surface area contributed by atoms with Crippen LogP contribution in [0.3, 0.4) is 0 Å². The highest BCUT2D eigenvalue weighted by Crippen LogP contribution is 2.26. The van der Waals surface area contributed by atoms with Crippen LogP contribution in [0, 0.1) is 0 Å². The van der Waals surface area contributed by atoms with Crippen molar-refractivity contribution in [2.45, 2.75) is 43.4 Å². The van der Waals surface area contributed by atoms with Gasteiger partial charge >= 0.3 is 12.1 Å². The number of halogens is 3. The summed E-state index contributed by atoms with van der Waals surface area (Å²) < 4.78 is 52.7. The molecule has 0 radical (unpaired) electrons. The first kappa shape index (κ1) is 29.3. The van der Waals surface area contributed by atoms with E-state index in [0.717, 1.165) is 11.1 Å². The fourth-order valence-corrected chi connectivity index (χ4v) is 4.03. The van der Waals surface area contributed by atoms with Gasteiger partial charge in [-0.1, -0.05) is 91.0 Å². The van der Waals surface area contributed by atoms with E-state index in [0.29, 0.717) is 5.56 Å². The third-order valence-electron chi connectivity index (χ3n) is 6.02. The Labute approximate surface area is 220 Å². The Morgan fingerprint density at radius 2 is 1.45 bits per heavy atom. The Morgan fingerprint density at radius 1 is 0.895 bits per heavy atom. The lowest BCUT2D eigenvalue weighted by atomic mass is 10.0. The molecule has 3 aromatic carbocycles. The van der Waals surface area contributed by atoms with E-state index in [1.54, 1.807) is 54.6 Å². The number of alkyl halides is 3. The molecule has 0 aliphatic rings. The maximum absolute atomic E-state index is 14.0. The van der Waals surface area contributed by atoms with Gasteiger partial charge in [0.15, 0.2) is 0 Å². The van der Waals surface area contributed by atoms with Crippen molar-refractivity contribution >= 4 is 5.97 Å². The number of aliphatic hydroxyl groups is 1. The van der Waals surface area contributed by atoms with Gasteiger partial charge in [0.2, 0.25) is 0 Å². The maximum atomic E-state index is 14.0. The second kappa shape index (κ2) is 14.6. The van der Waals surface area contributed by atoms with E-state index >= 15 is 0 Å². The molecule has 4 atom stereocenters. The van der Waals surface area contributed by atoms with Gasteiger partial charge in [0, 0.05) is 13.7 Å². The van der Waals surface area contributed by atoms with E-state index < -0.39 is 42.9 Å². The predicted molar refractivity (Wildman–Crippen MR) is 138 cm³/mol. The van der Waals surface area contributed by atoms with Crippen LogP contribution >= 0.6 is 0 Å². The zero-order valence-electron chi connectivity index (χ0n) is 21.1. The van der Waals surface area contributed by atoms with E-state index in [1.165, 1.54) is 7.11 Å². The van der Waals surface area contributed by atoms with Crippen molar-refractivity contribution in [3.63, 3.8) is 0 Å². The Bertz CT molecular complexity index is 1090. The topological polar surface area (TPSA) is 79.8 Å². The van der Waals surface area contributed by atoms with Gasteiger partial charge in [-0.3, -0.25) is 10.1 Å². The fourth-order valence-electron chi connectivity index (χ4n) is 4.03. The highest BCUT2D eigenvalue weighted by Gasteiger charge is 2.45. The molecule has 0 saturated heterocycles. The summed E-state index contributed by atoms with van der Waals surface area (Å²) >= 11 is 0. The Kier molecular flexibility index (Phi) is 11.3. The van der Waals surface area contributed by atoms with Crippen molar-refractivity contribution in [2.75, 3.05) is 20.3 Å². The minimum atomic E-state index is -4.76. The molecule has 0 amide bonds. The molecule has 0 spiro atoms. The highest BCUT2D eigenvalue weighted by atomic mass is 19.4. The third-order valence-corrected chi connectivity index (χ3v) is 6.02. The average molecular weight is 531 g/mol. The normalized spacial score (nSPS) is 14.9. The molecule has 204 valence electrons. The number of esters is 1. The van der Waals surface area contributed by atoms with E-state index in [-0.39, 0.29) is 19.6 Å². The van der Waals surface area contributed by atoms with Crippen molar-refractivity contribution in [2.24, 2.45) is 0 Å². The van der Waals surface area contributed by atoms with Gasteiger partial charge in [-0.05, 0) is 23.1 Å². The van der Waals surface area contributed by atoms with E-state index in [1.807, 2.05) is 36.4 Å². The molecule has 3 N–H and O–H groups in total. The maximum Gasteiger partial charge on any atom is 0.406 e. The Hall–Kier alpha value is -3.24. The fraction of sp³-hybridized carbons (Fsp3) is 0.345. The number of nitrogens with one attached hydrogen (secondary N) is 2. The first-order valence-corrected chi connectivity index (χ1v) is 12.3. The molecule has 9 heteroatoms. The SMILES string of the molecule is COC[C@H](N[C@H]([C@@H](O)CN[C@@H](Cc1ccccc1)C(=O)OCc1ccccc1)C(F)(F)F)c1ccccc1. The van der Waals surface area contributed by atoms with Crippen molar-refractivity contribution in [1.82, 2.24) is 10.6 Å². The van der Waals surface area contributed by atoms with Gasteiger partial charge in [-0.15, -0.1) is 0 Å². The molecule has 0 aliphatic carbocycles. The molecule has 0 heterocycles. The standard InChI is InChI=1S/C29H33F3N2O4/c1-37-20-25(23-15-9-4-10-16-23)34-27(29(30,31)32)26(35)18-33-24(17-21-11-5-2-6-12-21)28(36)38-19-22-13-7-3-8-14-22/h2-16,24-27,33-35H,17-20H2,1H3/t24-,25-,26-,27+/m0/s1. The molecule has 0 unspecified atom stereocenters. The van der Waals surface area contributed by atoms with Gasteiger partial charge in [0.1, 0.15) is 18.7 Å². The number of rotatable bonds is 14. The minimum Gasteiger partial charge on any atom is -0.460 e. The molecule has 6 nitrogen and oxygen atoms in total. The highest BCUT2D eigenvalue weighted by molar-refractivity contribution is 5.76. The number of carbonyl (C=O) groups is 1.